The largest absolute Gasteiger partial charge is 0.380 e. The first-order valence-electron chi connectivity index (χ1n) is 8.14. The Morgan fingerprint density at radius 1 is 1.12 bits per heavy atom. The monoisotopic (exact) mass is 349 g/mol. The molecule has 0 aliphatic heterocycles. The van der Waals surface area contributed by atoms with Crippen LogP contribution >= 0.6 is 0 Å². The number of anilines is 1. The van der Waals surface area contributed by atoms with Gasteiger partial charge in [-0.05, 0) is 36.8 Å². The zero-order chi connectivity index (χ0) is 18.5. The minimum atomic E-state index is -0.547. The standard InChI is InChI=1S/C20H19N3O3/c1-14-11-18(24)19(22-23(14)17-9-4-3-5-10-17)20(25)21-16-8-6-7-15(12-16)13-26-2/h3-12H,13H2,1-2H3,(H,21,25). The number of benzene rings is 2. The van der Waals surface area contributed by atoms with Gasteiger partial charge in [-0.2, -0.15) is 5.10 Å². The van der Waals surface area contributed by atoms with Crippen molar-refractivity contribution in [3.63, 3.8) is 0 Å². The molecular formula is C20H19N3O3. The predicted molar refractivity (Wildman–Crippen MR) is 99.7 cm³/mol. The molecular weight excluding hydrogens is 330 g/mol. The predicted octanol–water partition coefficient (Wildman–Crippen LogP) is 2.94. The highest BCUT2D eigenvalue weighted by Crippen LogP contribution is 2.13. The number of para-hydroxylation sites is 1. The lowest BCUT2D eigenvalue weighted by Gasteiger charge is -2.11. The Bertz CT molecular complexity index is 981. The van der Waals surface area contributed by atoms with Gasteiger partial charge in [-0.15, -0.1) is 0 Å². The van der Waals surface area contributed by atoms with Crippen molar-refractivity contribution < 1.29 is 9.53 Å². The van der Waals surface area contributed by atoms with E-state index >= 15 is 0 Å². The summed E-state index contributed by atoms with van der Waals surface area (Å²) in [5.41, 5.74) is 2.36. The Hall–Kier alpha value is -3.25. The fraction of sp³-hybridized carbons (Fsp3) is 0.150. The number of hydrogen-bond donors (Lipinski definition) is 1. The molecule has 0 unspecified atom stereocenters. The van der Waals surface area contributed by atoms with E-state index in [1.165, 1.54) is 6.07 Å². The van der Waals surface area contributed by atoms with Crippen LogP contribution in [0, 0.1) is 6.92 Å². The summed E-state index contributed by atoms with van der Waals surface area (Å²) in [6.07, 6.45) is 0. The van der Waals surface area contributed by atoms with Crippen LogP contribution in [0.15, 0.2) is 65.5 Å². The van der Waals surface area contributed by atoms with Crippen molar-refractivity contribution in [2.24, 2.45) is 0 Å². The normalized spacial score (nSPS) is 10.5. The molecule has 1 amide bonds. The maximum atomic E-state index is 12.6. The first-order chi connectivity index (χ1) is 12.6. The van der Waals surface area contributed by atoms with E-state index in [0.29, 0.717) is 18.0 Å². The van der Waals surface area contributed by atoms with Gasteiger partial charge in [0.1, 0.15) is 0 Å². The first kappa shape index (κ1) is 17.6. The minimum absolute atomic E-state index is 0.156. The molecule has 0 bridgehead atoms. The molecule has 26 heavy (non-hydrogen) atoms. The molecule has 3 aromatic rings. The van der Waals surface area contributed by atoms with Crippen molar-refractivity contribution >= 4 is 11.6 Å². The fourth-order valence-corrected chi connectivity index (χ4v) is 2.63. The molecule has 1 N–H and O–H groups in total. The summed E-state index contributed by atoms with van der Waals surface area (Å²) in [7, 11) is 1.60. The number of rotatable bonds is 5. The van der Waals surface area contributed by atoms with Crippen LogP contribution < -0.4 is 10.7 Å². The zero-order valence-corrected chi connectivity index (χ0v) is 14.6. The zero-order valence-electron chi connectivity index (χ0n) is 14.6. The fourth-order valence-electron chi connectivity index (χ4n) is 2.63. The van der Waals surface area contributed by atoms with Crippen molar-refractivity contribution in [1.82, 2.24) is 9.78 Å². The van der Waals surface area contributed by atoms with Crippen LogP contribution in [0.25, 0.3) is 5.69 Å². The molecule has 0 saturated heterocycles. The van der Waals surface area contributed by atoms with Crippen molar-refractivity contribution in [1.29, 1.82) is 0 Å². The van der Waals surface area contributed by atoms with Gasteiger partial charge >= 0.3 is 0 Å². The summed E-state index contributed by atoms with van der Waals surface area (Å²) >= 11 is 0. The van der Waals surface area contributed by atoms with Gasteiger partial charge in [0.05, 0.1) is 12.3 Å². The summed E-state index contributed by atoms with van der Waals surface area (Å²) in [4.78, 5) is 24.8. The highest BCUT2D eigenvalue weighted by atomic mass is 16.5. The summed E-state index contributed by atoms with van der Waals surface area (Å²) in [5.74, 6) is -0.547. The summed E-state index contributed by atoms with van der Waals surface area (Å²) in [6, 6.07) is 18.0. The van der Waals surface area contributed by atoms with E-state index in [4.69, 9.17) is 4.74 Å². The molecule has 2 aromatic carbocycles. The van der Waals surface area contributed by atoms with E-state index in [1.807, 2.05) is 42.5 Å². The summed E-state index contributed by atoms with van der Waals surface area (Å²) in [5, 5.41) is 6.99. The van der Waals surface area contributed by atoms with E-state index in [0.717, 1.165) is 11.3 Å². The van der Waals surface area contributed by atoms with E-state index in [-0.39, 0.29) is 5.69 Å². The Morgan fingerprint density at radius 3 is 2.62 bits per heavy atom. The minimum Gasteiger partial charge on any atom is -0.380 e. The van der Waals surface area contributed by atoms with Gasteiger partial charge in [0.15, 0.2) is 5.69 Å². The van der Waals surface area contributed by atoms with Gasteiger partial charge in [-0.1, -0.05) is 30.3 Å². The third-order valence-corrected chi connectivity index (χ3v) is 3.82. The average Bonchev–Trinajstić information content (AvgIpc) is 2.63. The van der Waals surface area contributed by atoms with Crippen molar-refractivity contribution in [2.45, 2.75) is 13.5 Å². The molecule has 6 heteroatoms. The van der Waals surface area contributed by atoms with Gasteiger partial charge in [-0.3, -0.25) is 9.59 Å². The number of carbonyl (C=O) groups excluding carboxylic acids is 1. The number of aromatic nitrogens is 2. The molecule has 1 heterocycles. The quantitative estimate of drug-likeness (QED) is 0.769. The molecule has 0 fully saturated rings. The number of methoxy groups -OCH3 is 1. The lowest BCUT2D eigenvalue weighted by Crippen LogP contribution is -2.26. The van der Waals surface area contributed by atoms with Crippen LogP contribution in [0.2, 0.25) is 0 Å². The lowest BCUT2D eigenvalue weighted by atomic mass is 10.2. The van der Waals surface area contributed by atoms with E-state index in [1.54, 1.807) is 30.8 Å². The van der Waals surface area contributed by atoms with Gasteiger partial charge in [0, 0.05) is 24.6 Å². The topological polar surface area (TPSA) is 73.2 Å². The highest BCUT2D eigenvalue weighted by molar-refractivity contribution is 6.02. The second-order valence-corrected chi connectivity index (χ2v) is 5.83. The van der Waals surface area contributed by atoms with Crippen molar-refractivity contribution in [3.8, 4) is 5.69 Å². The van der Waals surface area contributed by atoms with Crippen molar-refractivity contribution in [3.05, 3.63) is 87.8 Å². The SMILES string of the molecule is COCc1cccc(NC(=O)c2nn(-c3ccccc3)c(C)cc2=O)c1. The van der Waals surface area contributed by atoms with E-state index in [2.05, 4.69) is 10.4 Å². The first-order valence-corrected chi connectivity index (χ1v) is 8.14. The molecule has 0 radical (unpaired) electrons. The second-order valence-electron chi connectivity index (χ2n) is 5.83. The average molecular weight is 349 g/mol. The van der Waals surface area contributed by atoms with Crippen LogP contribution in [0.4, 0.5) is 5.69 Å². The van der Waals surface area contributed by atoms with Gasteiger partial charge in [0.25, 0.3) is 5.91 Å². The number of ether oxygens (including phenoxy) is 1. The number of aryl methyl sites for hydroxylation is 1. The van der Waals surface area contributed by atoms with Crippen molar-refractivity contribution in [2.75, 3.05) is 12.4 Å². The Balaban J connectivity index is 1.92. The van der Waals surface area contributed by atoms with Crippen LogP contribution in [0.3, 0.4) is 0 Å². The molecule has 132 valence electrons. The van der Waals surface area contributed by atoms with Gasteiger partial charge in [-0.25, -0.2) is 4.68 Å². The van der Waals surface area contributed by atoms with Gasteiger partial charge < -0.3 is 10.1 Å². The molecule has 3 rings (SSSR count). The number of nitrogens with one attached hydrogen (secondary N) is 1. The summed E-state index contributed by atoms with van der Waals surface area (Å²) < 4.78 is 6.67. The lowest BCUT2D eigenvalue weighted by molar-refractivity contribution is 0.101. The smallest absolute Gasteiger partial charge is 0.280 e. The Kier molecular flexibility index (Phi) is 5.24. The van der Waals surface area contributed by atoms with Crippen LogP contribution in [0.5, 0.6) is 0 Å². The Morgan fingerprint density at radius 2 is 1.88 bits per heavy atom. The van der Waals surface area contributed by atoms with E-state index < -0.39 is 11.3 Å². The second kappa shape index (κ2) is 7.76. The third kappa shape index (κ3) is 3.87. The molecule has 1 aromatic heterocycles. The maximum absolute atomic E-state index is 12.6. The highest BCUT2D eigenvalue weighted by Gasteiger charge is 2.15. The molecule has 0 saturated carbocycles. The molecule has 0 atom stereocenters. The summed E-state index contributed by atoms with van der Waals surface area (Å²) in [6.45, 7) is 2.21. The van der Waals surface area contributed by atoms with Crippen LogP contribution in [-0.4, -0.2) is 22.8 Å². The Labute approximate surface area is 151 Å². The van der Waals surface area contributed by atoms with Gasteiger partial charge in [0.2, 0.25) is 5.43 Å². The molecule has 0 spiro atoms. The molecule has 0 aliphatic rings. The number of amides is 1. The molecule has 0 aliphatic carbocycles. The van der Waals surface area contributed by atoms with Crippen LogP contribution in [0.1, 0.15) is 21.7 Å². The maximum Gasteiger partial charge on any atom is 0.280 e. The third-order valence-electron chi connectivity index (χ3n) is 3.82. The van der Waals surface area contributed by atoms with E-state index in [9.17, 15) is 9.59 Å². The number of hydrogen-bond acceptors (Lipinski definition) is 4. The number of nitrogens with zero attached hydrogens (tertiary/aromatic N) is 2. The number of carbonyl (C=O) groups is 1. The molecule has 6 nitrogen and oxygen atoms in total. The van der Waals surface area contributed by atoms with Crippen LogP contribution in [-0.2, 0) is 11.3 Å².